The lowest BCUT2D eigenvalue weighted by molar-refractivity contribution is 0.278. The molecule has 0 unspecified atom stereocenters. The smallest absolute Gasteiger partial charge is 0.178 e. The summed E-state index contributed by atoms with van der Waals surface area (Å²) >= 11 is 11.5. The average Bonchev–Trinajstić information content (AvgIpc) is 2.51. The molecule has 1 aromatic heterocycles. The highest BCUT2D eigenvalue weighted by atomic mass is 35.5. The van der Waals surface area contributed by atoms with Crippen LogP contribution in [0.25, 0.3) is 11.0 Å². The average molecular weight is 253 g/mol. The van der Waals surface area contributed by atoms with Gasteiger partial charge in [0.15, 0.2) is 4.77 Å². The Bertz CT molecular complexity index is 580. The normalized spacial score (nSPS) is 16.6. The fraction of sp³-hybridized carbons (Fsp3) is 0.417. The molecule has 84 valence electrons. The molecular weight excluding hydrogens is 240 g/mol. The highest BCUT2D eigenvalue weighted by Crippen LogP contribution is 2.30. The molecule has 0 spiro atoms. The molecule has 4 heteroatoms. The number of rotatable bonds is 2. The summed E-state index contributed by atoms with van der Waals surface area (Å²) in [7, 11) is 0. The zero-order valence-electron chi connectivity index (χ0n) is 8.87. The Balaban J connectivity index is 2.11. The molecule has 0 saturated heterocycles. The van der Waals surface area contributed by atoms with Crippen molar-refractivity contribution in [1.29, 1.82) is 0 Å². The van der Waals surface area contributed by atoms with Gasteiger partial charge in [0, 0.05) is 6.54 Å². The maximum atomic E-state index is 6.14. The molecule has 0 bridgehead atoms. The van der Waals surface area contributed by atoms with Crippen molar-refractivity contribution in [3.8, 4) is 0 Å². The molecule has 0 atom stereocenters. The predicted octanol–water partition coefficient (Wildman–Crippen LogP) is 4.15. The van der Waals surface area contributed by atoms with Gasteiger partial charge in [-0.1, -0.05) is 24.1 Å². The van der Waals surface area contributed by atoms with Gasteiger partial charge in [-0.2, -0.15) is 0 Å². The second-order valence-electron chi connectivity index (χ2n) is 4.47. The number of H-pyrrole nitrogens is 1. The van der Waals surface area contributed by atoms with Gasteiger partial charge < -0.3 is 9.55 Å². The van der Waals surface area contributed by atoms with Crippen LogP contribution in [0.1, 0.15) is 19.3 Å². The molecule has 0 aliphatic heterocycles. The van der Waals surface area contributed by atoms with Gasteiger partial charge in [-0.15, -0.1) is 0 Å². The molecule has 2 nitrogen and oxygen atoms in total. The number of aromatic nitrogens is 2. The molecule has 1 aliphatic rings. The highest BCUT2D eigenvalue weighted by molar-refractivity contribution is 7.71. The molecule has 0 radical (unpaired) electrons. The number of hydrogen-bond donors (Lipinski definition) is 1. The topological polar surface area (TPSA) is 20.7 Å². The summed E-state index contributed by atoms with van der Waals surface area (Å²) in [6.45, 7) is 1.03. The molecule has 1 heterocycles. The molecule has 0 amide bonds. The van der Waals surface area contributed by atoms with E-state index in [0.717, 1.165) is 33.3 Å². The Morgan fingerprint density at radius 2 is 2.25 bits per heavy atom. The van der Waals surface area contributed by atoms with Crippen LogP contribution in [0.2, 0.25) is 5.02 Å². The second-order valence-corrected chi connectivity index (χ2v) is 5.27. The quantitative estimate of drug-likeness (QED) is 0.797. The second kappa shape index (κ2) is 3.90. The number of para-hydroxylation sites is 1. The van der Waals surface area contributed by atoms with Gasteiger partial charge in [-0.25, -0.2) is 0 Å². The largest absolute Gasteiger partial charge is 0.329 e. The first-order chi connectivity index (χ1) is 7.75. The van der Waals surface area contributed by atoms with Gasteiger partial charge in [0.05, 0.1) is 16.1 Å². The maximum Gasteiger partial charge on any atom is 0.178 e. The highest BCUT2D eigenvalue weighted by Gasteiger charge is 2.19. The van der Waals surface area contributed by atoms with E-state index in [-0.39, 0.29) is 0 Å². The Labute approximate surface area is 104 Å². The Morgan fingerprint density at radius 1 is 1.44 bits per heavy atom. The minimum Gasteiger partial charge on any atom is -0.329 e. The third-order valence-electron chi connectivity index (χ3n) is 3.43. The molecule has 16 heavy (non-hydrogen) atoms. The zero-order chi connectivity index (χ0) is 11.1. The third-order valence-corrected chi connectivity index (χ3v) is 4.06. The van der Waals surface area contributed by atoms with Crippen LogP contribution in [0.5, 0.6) is 0 Å². The summed E-state index contributed by atoms with van der Waals surface area (Å²) in [6.07, 6.45) is 4.02. The van der Waals surface area contributed by atoms with Crippen molar-refractivity contribution < 1.29 is 0 Å². The van der Waals surface area contributed by atoms with Crippen LogP contribution in [0, 0.1) is 10.7 Å². The lowest BCUT2D eigenvalue weighted by atomic mass is 9.85. The Morgan fingerprint density at radius 3 is 2.94 bits per heavy atom. The number of hydrogen-bond acceptors (Lipinski definition) is 1. The van der Waals surface area contributed by atoms with Crippen LogP contribution in [0.15, 0.2) is 18.2 Å². The summed E-state index contributed by atoms with van der Waals surface area (Å²) in [5, 5.41) is 0.746. The first-order valence-corrected chi connectivity index (χ1v) is 6.41. The van der Waals surface area contributed by atoms with Gasteiger partial charge in [-0.05, 0) is 43.1 Å². The van der Waals surface area contributed by atoms with Crippen molar-refractivity contribution in [3.05, 3.63) is 28.0 Å². The molecule has 1 N–H and O–H groups in total. The third kappa shape index (κ3) is 1.59. The fourth-order valence-electron chi connectivity index (χ4n) is 2.26. The van der Waals surface area contributed by atoms with E-state index in [9.17, 15) is 0 Å². The number of benzene rings is 1. The van der Waals surface area contributed by atoms with Gasteiger partial charge in [0.1, 0.15) is 0 Å². The monoisotopic (exact) mass is 252 g/mol. The van der Waals surface area contributed by atoms with Crippen molar-refractivity contribution in [2.45, 2.75) is 25.8 Å². The summed E-state index contributed by atoms with van der Waals surface area (Å²) in [5.41, 5.74) is 2.10. The number of imidazole rings is 1. The van der Waals surface area contributed by atoms with Crippen molar-refractivity contribution in [1.82, 2.24) is 9.55 Å². The van der Waals surface area contributed by atoms with E-state index >= 15 is 0 Å². The summed E-state index contributed by atoms with van der Waals surface area (Å²) in [4.78, 5) is 3.19. The summed E-state index contributed by atoms with van der Waals surface area (Å²) in [5.74, 6) is 0.796. The number of aromatic amines is 1. The van der Waals surface area contributed by atoms with Crippen LogP contribution in [0.4, 0.5) is 0 Å². The Kier molecular flexibility index (Phi) is 2.52. The first-order valence-electron chi connectivity index (χ1n) is 5.63. The van der Waals surface area contributed by atoms with E-state index in [0.29, 0.717) is 0 Å². The first kappa shape index (κ1) is 10.4. The molecule has 1 fully saturated rings. The van der Waals surface area contributed by atoms with E-state index < -0.39 is 0 Å². The lowest BCUT2D eigenvalue weighted by Gasteiger charge is -2.25. The van der Waals surface area contributed by atoms with E-state index in [1.54, 1.807) is 0 Å². The minimum atomic E-state index is 0.746. The van der Waals surface area contributed by atoms with E-state index in [2.05, 4.69) is 15.6 Å². The lowest BCUT2D eigenvalue weighted by Crippen LogP contribution is -2.17. The number of fused-ring (bicyclic) bond motifs is 1. The number of nitrogens with one attached hydrogen (secondary N) is 1. The van der Waals surface area contributed by atoms with E-state index in [1.165, 1.54) is 19.3 Å². The Hall–Kier alpha value is -0.800. The molecule has 2 aromatic rings. The van der Waals surface area contributed by atoms with Crippen molar-refractivity contribution >= 4 is 34.9 Å². The van der Waals surface area contributed by atoms with Gasteiger partial charge in [0.2, 0.25) is 0 Å². The summed E-state index contributed by atoms with van der Waals surface area (Å²) in [6, 6.07) is 5.94. The van der Waals surface area contributed by atoms with Crippen molar-refractivity contribution in [2.24, 2.45) is 5.92 Å². The maximum absolute atomic E-state index is 6.14. The van der Waals surface area contributed by atoms with E-state index in [1.807, 2.05) is 12.1 Å². The molecule has 3 rings (SSSR count). The van der Waals surface area contributed by atoms with Crippen LogP contribution >= 0.6 is 23.8 Å². The van der Waals surface area contributed by atoms with Crippen LogP contribution in [-0.4, -0.2) is 9.55 Å². The van der Waals surface area contributed by atoms with Crippen LogP contribution in [-0.2, 0) is 6.54 Å². The molecule has 1 saturated carbocycles. The minimum absolute atomic E-state index is 0.746. The van der Waals surface area contributed by atoms with Gasteiger partial charge in [0.25, 0.3) is 0 Å². The van der Waals surface area contributed by atoms with Gasteiger partial charge >= 0.3 is 0 Å². The number of halogens is 1. The van der Waals surface area contributed by atoms with E-state index in [4.69, 9.17) is 23.8 Å². The SMILES string of the molecule is S=c1[nH]c2c(Cl)cccc2n1CC1CCC1. The van der Waals surface area contributed by atoms with Crippen LogP contribution in [0.3, 0.4) is 0 Å². The summed E-state index contributed by atoms with van der Waals surface area (Å²) < 4.78 is 2.97. The standard InChI is InChI=1S/C12H13ClN2S/c13-9-5-2-6-10-11(9)14-12(16)15(10)7-8-3-1-4-8/h2,5-6,8H,1,3-4,7H2,(H,14,16). The van der Waals surface area contributed by atoms with Crippen molar-refractivity contribution in [3.63, 3.8) is 0 Å². The molecule has 1 aliphatic carbocycles. The predicted molar refractivity (Wildman–Crippen MR) is 69.5 cm³/mol. The zero-order valence-corrected chi connectivity index (χ0v) is 10.4. The van der Waals surface area contributed by atoms with Gasteiger partial charge in [-0.3, -0.25) is 0 Å². The van der Waals surface area contributed by atoms with Crippen LogP contribution < -0.4 is 0 Å². The molecular formula is C12H13ClN2S. The van der Waals surface area contributed by atoms with Crippen molar-refractivity contribution in [2.75, 3.05) is 0 Å². The fourth-order valence-corrected chi connectivity index (χ4v) is 2.75. The molecule has 1 aromatic carbocycles. The number of nitrogens with zero attached hydrogens (tertiary/aromatic N) is 1.